The summed E-state index contributed by atoms with van der Waals surface area (Å²) in [5.74, 6) is 0.867. The summed E-state index contributed by atoms with van der Waals surface area (Å²) in [4.78, 5) is 8.58. The summed E-state index contributed by atoms with van der Waals surface area (Å²) in [5.41, 5.74) is 0. The normalized spacial score (nSPS) is 31.0. The van der Waals surface area contributed by atoms with Crippen molar-refractivity contribution in [1.82, 2.24) is 0 Å². The predicted molar refractivity (Wildman–Crippen MR) is 53.4 cm³/mol. The lowest BCUT2D eigenvalue weighted by molar-refractivity contribution is 0.842. The summed E-state index contributed by atoms with van der Waals surface area (Å²) < 4.78 is 0. The predicted octanol–water partition coefficient (Wildman–Crippen LogP) is 2.07. The first kappa shape index (κ1) is 8.61. The Labute approximate surface area is 69.3 Å². The summed E-state index contributed by atoms with van der Waals surface area (Å²) >= 11 is 0. The number of hydrogen-bond acceptors (Lipinski definition) is 2. The molecule has 60 valence electrons. The van der Waals surface area contributed by atoms with Crippen LogP contribution in [-0.2, 0) is 0 Å². The fourth-order valence-corrected chi connectivity index (χ4v) is 1.46. The van der Waals surface area contributed by atoms with Gasteiger partial charge in [0.05, 0.1) is 5.28 Å². The van der Waals surface area contributed by atoms with Crippen molar-refractivity contribution in [3.8, 4) is 0 Å². The molecule has 1 heterocycles. The molecule has 11 heavy (non-hydrogen) atoms. The molecule has 0 fully saturated rings. The highest BCUT2D eigenvalue weighted by atomic mass is 31.1. The average Bonchev–Trinajstić information content (AvgIpc) is 2.13. The van der Waals surface area contributed by atoms with E-state index in [9.17, 15) is 0 Å². The number of allylic oxidation sites excluding steroid dienone is 1. The van der Waals surface area contributed by atoms with Crippen LogP contribution in [-0.4, -0.2) is 24.0 Å². The Balaban J connectivity index is 2.92. The Morgan fingerprint density at radius 1 is 1.55 bits per heavy atom. The summed E-state index contributed by atoms with van der Waals surface area (Å²) in [6, 6.07) is 0. The molecule has 0 spiro atoms. The lowest BCUT2D eigenvalue weighted by Gasteiger charge is -2.17. The average molecular weight is 168 g/mol. The summed E-state index contributed by atoms with van der Waals surface area (Å²) in [7, 11) is 0.787. The van der Waals surface area contributed by atoms with Crippen LogP contribution in [0, 0.1) is 0 Å². The second-order valence-electron chi connectivity index (χ2n) is 2.69. The lowest BCUT2D eigenvalue weighted by Crippen LogP contribution is -2.11. The van der Waals surface area contributed by atoms with E-state index in [1.54, 1.807) is 6.21 Å². The maximum absolute atomic E-state index is 4.47. The van der Waals surface area contributed by atoms with Crippen LogP contribution in [0.2, 0.25) is 0 Å². The van der Waals surface area contributed by atoms with Crippen molar-refractivity contribution in [2.75, 3.05) is 6.66 Å². The van der Waals surface area contributed by atoms with Crippen LogP contribution in [0.15, 0.2) is 22.1 Å². The third-order valence-corrected chi connectivity index (χ3v) is 2.96. The molecule has 1 aliphatic heterocycles. The Morgan fingerprint density at radius 2 is 2.27 bits per heavy atom. The quantitative estimate of drug-likeness (QED) is 0.535. The largest absolute Gasteiger partial charge is 0.256 e. The summed E-state index contributed by atoms with van der Waals surface area (Å²) in [5, 5.41) is -0.0133. The first-order chi connectivity index (χ1) is 5.16. The lowest BCUT2D eigenvalue weighted by atomic mass is 10.3. The van der Waals surface area contributed by atoms with Crippen molar-refractivity contribution in [2.24, 2.45) is 9.98 Å². The van der Waals surface area contributed by atoms with Crippen LogP contribution in [0.5, 0.6) is 0 Å². The second kappa shape index (κ2) is 3.27. The van der Waals surface area contributed by atoms with E-state index in [0.29, 0.717) is 0 Å². The molecule has 1 aliphatic rings. The van der Waals surface area contributed by atoms with E-state index in [1.807, 2.05) is 13.0 Å². The van der Waals surface area contributed by atoms with Gasteiger partial charge < -0.3 is 0 Å². The van der Waals surface area contributed by atoms with Gasteiger partial charge in [-0.1, -0.05) is 14.7 Å². The second-order valence-corrected chi connectivity index (χ2v) is 4.21. The van der Waals surface area contributed by atoms with Gasteiger partial charge in [-0.3, -0.25) is 4.99 Å². The van der Waals surface area contributed by atoms with Gasteiger partial charge in [0, 0.05) is 6.21 Å². The van der Waals surface area contributed by atoms with Crippen molar-refractivity contribution >= 4 is 20.6 Å². The monoisotopic (exact) mass is 168 g/mol. The van der Waals surface area contributed by atoms with Gasteiger partial charge in [0.15, 0.2) is 0 Å². The smallest absolute Gasteiger partial charge is 0.121 e. The molecule has 2 unspecified atom stereocenters. The molecule has 0 bridgehead atoms. The standard InChI is InChI=1S/C8H13N2P/c1-7-9-6-4-5-8(2,10-7)11-3/h4-6,11H,1-3H3. The van der Waals surface area contributed by atoms with Crippen LogP contribution in [0.25, 0.3) is 0 Å². The third kappa shape index (κ3) is 2.23. The van der Waals surface area contributed by atoms with Gasteiger partial charge in [0.25, 0.3) is 0 Å². The van der Waals surface area contributed by atoms with Gasteiger partial charge in [-0.2, -0.15) is 0 Å². The molecule has 0 aromatic heterocycles. The molecule has 0 saturated heterocycles. The van der Waals surface area contributed by atoms with Gasteiger partial charge in [-0.15, -0.1) is 0 Å². The number of aliphatic imine (C=N–C) groups is 2. The van der Waals surface area contributed by atoms with Crippen LogP contribution in [0.4, 0.5) is 0 Å². The number of hydrogen-bond donors (Lipinski definition) is 0. The Bertz CT molecular complexity index is 230. The van der Waals surface area contributed by atoms with E-state index < -0.39 is 0 Å². The molecule has 0 radical (unpaired) electrons. The fourth-order valence-electron chi connectivity index (χ4n) is 0.923. The van der Waals surface area contributed by atoms with Crippen LogP contribution in [0.3, 0.4) is 0 Å². The third-order valence-electron chi connectivity index (χ3n) is 1.67. The van der Waals surface area contributed by atoms with Crippen LogP contribution < -0.4 is 0 Å². The Hall–Kier alpha value is -0.490. The minimum atomic E-state index is -0.0133. The molecule has 0 saturated carbocycles. The molecule has 1 rings (SSSR count). The van der Waals surface area contributed by atoms with E-state index in [0.717, 1.165) is 14.4 Å². The van der Waals surface area contributed by atoms with Crippen molar-refractivity contribution < 1.29 is 0 Å². The van der Waals surface area contributed by atoms with Crippen molar-refractivity contribution in [2.45, 2.75) is 19.1 Å². The van der Waals surface area contributed by atoms with Crippen molar-refractivity contribution in [1.29, 1.82) is 0 Å². The molecule has 2 atom stereocenters. The molecule has 0 amide bonds. The highest BCUT2D eigenvalue weighted by Gasteiger charge is 2.17. The van der Waals surface area contributed by atoms with Gasteiger partial charge in [-0.25, -0.2) is 4.99 Å². The van der Waals surface area contributed by atoms with E-state index in [-0.39, 0.29) is 5.28 Å². The number of nitrogens with zero attached hydrogens (tertiary/aromatic N) is 2. The molecule has 0 aliphatic carbocycles. The minimum Gasteiger partial charge on any atom is -0.256 e. The molecular weight excluding hydrogens is 155 g/mol. The first-order valence-electron chi connectivity index (χ1n) is 3.63. The Kier molecular flexibility index (Phi) is 2.56. The molecule has 0 aromatic rings. The van der Waals surface area contributed by atoms with Gasteiger partial charge in [-0.05, 0) is 26.6 Å². The van der Waals surface area contributed by atoms with Gasteiger partial charge in [0.2, 0.25) is 0 Å². The molecular formula is C8H13N2P. The molecule has 3 heteroatoms. The highest BCUT2D eigenvalue weighted by molar-refractivity contribution is 7.39. The zero-order valence-electron chi connectivity index (χ0n) is 7.13. The van der Waals surface area contributed by atoms with E-state index in [2.05, 4.69) is 29.6 Å². The fraction of sp³-hybridized carbons (Fsp3) is 0.500. The van der Waals surface area contributed by atoms with Crippen LogP contribution >= 0.6 is 8.58 Å². The zero-order chi connectivity index (χ0) is 8.32. The summed E-state index contributed by atoms with van der Waals surface area (Å²) in [6.45, 7) is 6.22. The zero-order valence-corrected chi connectivity index (χ0v) is 8.13. The maximum atomic E-state index is 4.47. The molecule has 2 nitrogen and oxygen atoms in total. The van der Waals surface area contributed by atoms with E-state index in [4.69, 9.17) is 0 Å². The summed E-state index contributed by atoms with van der Waals surface area (Å²) in [6.07, 6.45) is 5.87. The molecule has 0 N–H and O–H groups in total. The van der Waals surface area contributed by atoms with Gasteiger partial charge >= 0.3 is 0 Å². The maximum Gasteiger partial charge on any atom is 0.121 e. The minimum absolute atomic E-state index is 0.0133. The highest BCUT2D eigenvalue weighted by Crippen LogP contribution is 2.31. The first-order valence-corrected chi connectivity index (χ1v) is 5.13. The van der Waals surface area contributed by atoms with E-state index in [1.165, 1.54) is 0 Å². The topological polar surface area (TPSA) is 24.7 Å². The number of rotatable bonds is 1. The number of amidine groups is 1. The Morgan fingerprint density at radius 3 is 2.91 bits per heavy atom. The van der Waals surface area contributed by atoms with Crippen molar-refractivity contribution in [3.05, 3.63) is 12.2 Å². The van der Waals surface area contributed by atoms with Gasteiger partial charge in [0.1, 0.15) is 5.84 Å². The van der Waals surface area contributed by atoms with Crippen LogP contribution in [0.1, 0.15) is 13.8 Å². The van der Waals surface area contributed by atoms with Crippen molar-refractivity contribution in [3.63, 3.8) is 0 Å². The van der Waals surface area contributed by atoms with E-state index >= 15 is 0 Å². The SMILES string of the molecule is CPC1(C)C=CC=NC(C)=N1. The molecule has 0 aromatic carbocycles.